The average Bonchev–Trinajstić information content (AvgIpc) is 3.25. The van der Waals surface area contributed by atoms with Gasteiger partial charge in [0, 0.05) is 22.8 Å². The summed E-state index contributed by atoms with van der Waals surface area (Å²) < 4.78 is 25.9. The van der Waals surface area contributed by atoms with E-state index >= 15 is 0 Å². The Morgan fingerprint density at radius 2 is 1.81 bits per heavy atom. The maximum absolute atomic E-state index is 13.0. The van der Waals surface area contributed by atoms with Crippen molar-refractivity contribution in [2.45, 2.75) is 17.7 Å². The molecule has 7 nitrogen and oxygen atoms in total. The van der Waals surface area contributed by atoms with Crippen molar-refractivity contribution < 1.29 is 13.2 Å². The van der Waals surface area contributed by atoms with Crippen molar-refractivity contribution >= 4 is 48.8 Å². The van der Waals surface area contributed by atoms with Crippen LogP contribution < -0.4 is 5.32 Å². The fourth-order valence-corrected chi connectivity index (χ4v) is 5.01. The number of sulfone groups is 1. The second kappa shape index (κ2) is 7.17. The quantitative estimate of drug-likeness (QED) is 0.498. The lowest BCUT2D eigenvalue weighted by atomic mass is 9.98. The molecule has 0 amide bonds. The second-order valence-corrected chi connectivity index (χ2v) is 9.19. The fraction of sp³-hybridized carbons (Fsp3) is 0.0870. The molecule has 0 radical (unpaired) electrons. The van der Waals surface area contributed by atoms with Crippen LogP contribution in [0.3, 0.4) is 0 Å². The molecule has 2 aromatic carbocycles. The summed E-state index contributed by atoms with van der Waals surface area (Å²) >= 11 is 0. The van der Waals surface area contributed by atoms with Gasteiger partial charge in [-0.05, 0) is 55.5 Å². The molecule has 154 valence electrons. The van der Waals surface area contributed by atoms with Crippen LogP contribution in [0.2, 0.25) is 0 Å². The summed E-state index contributed by atoms with van der Waals surface area (Å²) in [6.45, 7) is 1.65. The first-order chi connectivity index (χ1) is 14.9. The number of pyridine rings is 1. The minimum absolute atomic E-state index is 0.0455. The Kier molecular flexibility index (Phi) is 4.44. The Labute approximate surface area is 178 Å². The lowest BCUT2D eigenvalue weighted by Gasteiger charge is -2.20. The maximum atomic E-state index is 13.0. The summed E-state index contributed by atoms with van der Waals surface area (Å²) in [5.41, 5.74) is 2.72. The van der Waals surface area contributed by atoms with E-state index in [2.05, 4.69) is 20.3 Å². The van der Waals surface area contributed by atoms with Gasteiger partial charge in [-0.25, -0.2) is 18.4 Å². The number of nitrogens with one attached hydrogen (secondary N) is 2. The first-order valence-corrected chi connectivity index (χ1v) is 11.2. The molecule has 2 N–H and O–H groups in total. The molecule has 3 heterocycles. The fourth-order valence-electron chi connectivity index (χ4n) is 3.61. The third-order valence-electron chi connectivity index (χ3n) is 5.27. The van der Waals surface area contributed by atoms with Crippen molar-refractivity contribution in [3.8, 4) is 0 Å². The number of anilines is 2. The number of carbonyl (C=O) groups excluding carboxylic acids is 1. The predicted molar refractivity (Wildman–Crippen MR) is 120 cm³/mol. The third kappa shape index (κ3) is 3.30. The molecule has 0 spiro atoms. The molecular weight excluding hydrogens is 412 g/mol. The number of rotatable bonds is 3. The summed E-state index contributed by atoms with van der Waals surface area (Å²) in [4.78, 5) is 24.9. The molecule has 8 heteroatoms. The molecule has 0 saturated heterocycles. The zero-order valence-corrected chi connectivity index (χ0v) is 17.3. The van der Waals surface area contributed by atoms with Gasteiger partial charge >= 0.3 is 0 Å². The van der Waals surface area contributed by atoms with E-state index in [1.807, 2.05) is 30.5 Å². The Morgan fingerprint density at radius 1 is 1.00 bits per heavy atom. The number of ketones is 1. The number of hydrogen-bond donors (Lipinski definition) is 2. The lowest BCUT2D eigenvalue weighted by molar-refractivity contribution is -0.113. The van der Waals surface area contributed by atoms with Crippen LogP contribution in [-0.2, 0) is 14.6 Å². The van der Waals surface area contributed by atoms with Crippen molar-refractivity contribution in [3.63, 3.8) is 0 Å². The van der Waals surface area contributed by atoms with Crippen LogP contribution in [-0.4, -0.2) is 29.2 Å². The van der Waals surface area contributed by atoms with Gasteiger partial charge in [-0.15, -0.1) is 0 Å². The summed E-state index contributed by atoms with van der Waals surface area (Å²) in [5.74, 6) is -0.734. The van der Waals surface area contributed by atoms with E-state index in [4.69, 9.17) is 0 Å². The van der Waals surface area contributed by atoms with Crippen LogP contribution in [0.1, 0.15) is 18.5 Å². The van der Waals surface area contributed by atoms with Crippen LogP contribution in [0.25, 0.3) is 10.9 Å². The Hall–Kier alpha value is -3.78. The largest absolute Gasteiger partial charge is 0.361 e. The molecule has 0 fully saturated rings. The lowest BCUT2D eigenvalue weighted by Crippen LogP contribution is -2.31. The highest BCUT2D eigenvalue weighted by Crippen LogP contribution is 2.35. The smallest absolute Gasteiger partial charge is 0.227 e. The number of H-pyrrole nitrogens is 1. The van der Waals surface area contributed by atoms with E-state index in [1.54, 1.807) is 37.3 Å². The number of Topliss-reactive ketones (excluding diaryl/α,β-unsaturated/α-hetero) is 1. The molecule has 1 unspecified atom stereocenters. The average molecular weight is 430 g/mol. The number of aromatic nitrogens is 2. The van der Waals surface area contributed by atoms with Crippen molar-refractivity contribution in [2.24, 2.45) is 4.99 Å². The van der Waals surface area contributed by atoms with Crippen LogP contribution in [0.15, 0.2) is 82.8 Å². The molecule has 0 aliphatic carbocycles. The van der Waals surface area contributed by atoms with E-state index in [0.717, 1.165) is 16.6 Å². The van der Waals surface area contributed by atoms with E-state index < -0.39 is 26.6 Å². The van der Waals surface area contributed by atoms with Crippen LogP contribution in [0, 0.1) is 0 Å². The first kappa shape index (κ1) is 19.2. The van der Waals surface area contributed by atoms with Gasteiger partial charge in [0.1, 0.15) is 5.82 Å². The first-order valence-electron chi connectivity index (χ1n) is 9.71. The predicted octanol–water partition coefficient (Wildman–Crippen LogP) is 4.50. The van der Waals surface area contributed by atoms with E-state index in [0.29, 0.717) is 17.2 Å². The Bertz CT molecular complexity index is 1460. The molecule has 31 heavy (non-hydrogen) atoms. The molecule has 1 aliphatic heterocycles. The third-order valence-corrected chi connectivity index (χ3v) is 6.97. The highest BCUT2D eigenvalue weighted by molar-refractivity contribution is 8.08. The topological polar surface area (TPSA) is 104 Å². The number of benzene rings is 2. The van der Waals surface area contributed by atoms with Crippen LogP contribution in [0.5, 0.6) is 0 Å². The van der Waals surface area contributed by atoms with Gasteiger partial charge in [0.25, 0.3) is 0 Å². The zero-order valence-electron chi connectivity index (χ0n) is 16.5. The van der Waals surface area contributed by atoms with E-state index in [-0.39, 0.29) is 4.90 Å². The van der Waals surface area contributed by atoms with Gasteiger partial charge in [-0.2, -0.15) is 0 Å². The maximum Gasteiger partial charge on any atom is 0.227 e. The summed E-state index contributed by atoms with van der Waals surface area (Å²) in [7, 11) is -4.01. The highest BCUT2D eigenvalue weighted by Gasteiger charge is 2.37. The highest BCUT2D eigenvalue weighted by atomic mass is 32.2. The van der Waals surface area contributed by atoms with E-state index in [1.165, 1.54) is 12.1 Å². The van der Waals surface area contributed by atoms with Crippen LogP contribution >= 0.6 is 0 Å². The summed E-state index contributed by atoms with van der Waals surface area (Å²) in [5, 5.41) is 3.85. The minimum atomic E-state index is -4.01. The Morgan fingerprint density at radius 3 is 2.61 bits per heavy atom. The number of aliphatic imine (C=N–C) groups is 1. The second-order valence-electron chi connectivity index (χ2n) is 7.32. The van der Waals surface area contributed by atoms with Crippen molar-refractivity contribution in [1.29, 1.82) is 0 Å². The minimum Gasteiger partial charge on any atom is -0.361 e. The van der Waals surface area contributed by atoms with Gasteiger partial charge in [0.05, 0.1) is 22.2 Å². The van der Waals surface area contributed by atoms with Gasteiger partial charge in [0.2, 0.25) is 20.7 Å². The Balaban J connectivity index is 1.51. The standard InChI is InChI=1S/C23H18N4O3S/c1-14-21-19(26-23(22(14)28)31(29,30)17-5-3-2-4-6-17)9-10-20(27-21)25-16-7-8-18-15(13-16)11-12-24-18/h2-14,24H,1H3,(H,25,27). The van der Waals surface area contributed by atoms with Crippen molar-refractivity contribution in [1.82, 2.24) is 9.97 Å². The van der Waals surface area contributed by atoms with E-state index in [9.17, 15) is 13.2 Å². The number of nitrogens with zero attached hydrogens (tertiary/aromatic N) is 2. The molecular formula is C23H18N4O3S. The molecule has 2 aromatic heterocycles. The number of hydrogen-bond acceptors (Lipinski definition) is 6. The monoisotopic (exact) mass is 430 g/mol. The van der Waals surface area contributed by atoms with Crippen molar-refractivity contribution in [2.75, 3.05) is 5.32 Å². The molecule has 1 aliphatic rings. The zero-order chi connectivity index (χ0) is 21.6. The normalized spacial score (nSPS) is 16.1. The van der Waals surface area contributed by atoms with Gasteiger partial charge < -0.3 is 10.3 Å². The molecule has 0 saturated carbocycles. The van der Waals surface area contributed by atoms with Gasteiger partial charge in [0.15, 0.2) is 0 Å². The molecule has 1 atom stereocenters. The van der Waals surface area contributed by atoms with Gasteiger partial charge in [-0.3, -0.25) is 4.79 Å². The molecule has 5 rings (SSSR count). The van der Waals surface area contributed by atoms with Crippen molar-refractivity contribution in [3.05, 3.63) is 78.6 Å². The number of carbonyl (C=O) groups is 1. The molecule has 4 aromatic rings. The SMILES string of the molecule is CC1C(=O)C(S(=O)(=O)c2ccccc2)=Nc2ccc(Nc3ccc4[nH]ccc4c3)nc21. The van der Waals surface area contributed by atoms with Gasteiger partial charge in [-0.1, -0.05) is 18.2 Å². The molecule has 0 bridgehead atoms. The summed E-state index contributed by atoms with van der Waals surface area (Å²) in [6, 6.07) is 19.1. The number of fused-ring (bicyclic) bond motifs is 2. The number of aromatic amines is 1. The van der Waals surface area contributed by atoms with Crippen LogP contribution in [0.4, 0.5) is 17.2 Å². The summed E-state index contributed by atoms with van der Waals surface area (Å²) in [6.07, 6.45) is 1.87.